The van der Waals surface area contributed by atoms with Gasteiger partial charge in [-0.05, 0) is 63.5 Å². The van der Waals surface area contributed by atoms with E-state index in [-0.39, 0.29) is 11.8 Å². The monoisotopic (exact) mass is 296 g/mol. The number of piperidine rings is 1. The van der Waals surface area contributed by atoms with Crippen molar-refractivity contribution in [3.8, 4) is 0 Å². The summed E-state index contributed by atoms with van der Waals surface area (Å²) in [6.45, 7) is 4.64. The lowest BCUT2D eigenvalue weighted by molar-refractivity contribution is -0.133. The first-order chi connectivity index (χ1) is 10.2. The number of hydrogen-bond acceptors (Lipinski definition) is 4. The summed E-state index contributed by atoms with van der Waals surface area (Å²) in [5.41, 5.74) is 0. The van der Waals surface area contributed by atoms with Crippen LogP contribution in [0.4, 0.5) is 0 Å². The van der Waals surface area contributed by atoms with Crippen molar-refractivity contribution in [3.63, 3.8) is 0 Å². The molecule has 1 saturated heterocycles. The summed E-state index contributed by atoms with van der Waals surface area (Å²) in [5.74, 6) is 0.784. The maximum Gasteiger partial charge on any atom is 0.249 e. The maximum absolute atomic E-state index is 11.9. The second-order valence-electron chi connectivity index (χ2n) is 6.93. The van der Waals surface area contributed by atoms with Gasteiger partial charge in [0.15, 0.2) is 0 Å². The standard InChI is InChI=1S/C16H28N2O3/c19-15(16(20)17-14-3-4-14)13-5-7-18(8-6-13)9-10-21-11-12-1-2-12/h12-15,19H,1-11H2,(H,17,20)/t15-/m0/s1. The molecule has 0 aromatic rings. The van der Waals surface area contributed by atoms with Crippen LogP contribution in [0.15, 0.2) is 0 Å². The van der Waals surface area contributed by atoms with Crippen LogP contribution in [0.3, 0.4) is 0 Å². The van der Waals surface area contributed by atoms with E-state index in [4.69, 9.17) is 4.74 Å². The summed E-state index contributed by atoms with van der Waals surface area (Å²) in [6, 6.07) is 0.329. The quantitative estimate of drug-likeness (QED) is 0.649. The number of nitrogens with one attached hydrogen (secondary N) is 1. The minimum Gasteiger partial charge on any atom is -0.383 e. The summed E-state index contributed by atoms with van der Waals surface area (Å²) < 4.78 is 5.67. The number of aliphatic hydroxyl groups is 1. The van der Waals surface area contributed by atoms with Gasteiger partial charge in [-0.1, -0.05) is 0 Å². The van der Waals surface area contributed by atoms with Crippen LogP contribution in [0.1, 0.15) is 38.5 Å². The van der Waals surface area contributed by atoms with Crippen LogP contribution in [0.25, 0.3) is 0 Å². The second kappa shape index (κ2) is 7.07. The molecule has 0 aromatic carbocycles. The Kier molecular flexibility index (Phi) is 5.14. The van der Waals surface area contributed by atoms with Crippen molar-refractivity contribution in [2.24, 2.45) is 11.8 Å². The molecule has 5 nitrogen and oxygen atoms in total. The van der Waals surface area contributed by atoms with Gasteiger partial charge >= 0.3 is 0 Å². The fourth-order valence-corrected chi connectivity index (χ4v) is 2.95. The van der Waals surface area contributed by atoms with E-state index >= 15 is 0 Å². The van der Waals surface area contributed by atoms with E-state index in [0.29, 0.717) is 6.04 Å². The zero-order chi connectivity index (χ0) is 14.7. The summed E-state index contributed by atoms with van der Waals surface area (Å²) in [6.07, 6.45) is 5.80. The molecular formula is C16H28N2O3. The number of carbonyl (C=O) groups is 1. The predicted octanol–water partition coefficient (Wildman–Crippen LogP) is 0.764. The van der Waals surface area contributed by atoms with Crippen molar-refractivity contribution < 1.29 is 14.6 Å². The molecular weight excluding hydrogens is 268 g/mol. The van der Waals surface area contributed by atoms with Crippen LogP contribution in [0, 0.1) is 11.8 Å². The Morgan fingerprint density at radius 1 is 1.19 bits per heavy atom. The molecule has 0 bridgehead atoms. The minimum atomic E-state index is -0.820. The van der Waals surface area contributed by atoms with E-state index in [1.54, 1.807) is 0 Å². The maximum atomic E-state index is 11.9. The Bertz CT molecular complexity index is 347. The molecule has 5 heteroatoms. The number of ether oxygens (including phenoxy) is 1. The molecule has 1 amide bonds. The molecule has 0 spiro atoms. The first kappa shape index (κ1) is 15.3. The van der Waals surface area contributed by atoms with Gasteiger partial charge in [0.2, 0.25) is 5.91 Å². The van der Waals surface area contributed by atoms with Gasteiger partial charge in [0.1, 0.15) is 6.10 Å². The van der Waals surface area contributed by atoms with E-state index in [2.05, 4.69) is 10.2 Å². The van der Waals surface area contributed by atoms with Gasteiger partial charge in [-0.25, -0.2) is 0 Å². The number of likely N-dealkylation sites (tertiary alicyclic amines) is 1. The molecule has 2 aliphatic carbocycles. The van der Waals surface area contributed by atoms with Crippen LogP contribution in [0.5, 0.6) is 0 Å². The van der Waals surface area contributed by atoms with Crippen molar-refractivity contribution in [2.75, 3.05) is 32.8 Å². The van der Waals surface area contributed by atoms with Gasteiger partial charge in [0.25, 0.3) is 0 Å². The normalized spacial score (nSPS) is 25.8. The Hall–Kier alpha value is -0.650. The molecule has 0 aromatic heterocycles. The summed E-state index contributed by atoms with van der Waals surface area (Å²) >= 11 is 0. The van der Waals surface area contributed by atoms with Gasteiger partial charge in [-0.2, -0.15) is 0 Å². The molecule has 0 unspecified atom stereocenters. The highest BCUT2D eigenvalue weighted by atomic mass is 16.5. The molecule has 3 rings (SSSR count). The summed E-state index contributed by atoms with van der Waals surface area (Å²) in [5, 5.41) is 13.0. The Labute approximate surface area is 127 Å². The number of amides is 1. The van der Waals surface area contributed by atoms with Gasteiger partial charge in [-0.15, -0.1) is 0 Å². The zero-order valence-electron chi connectivity index (χ0n) is 12.8. The van der Waals surface area contributed by atoms with Crippen LogP contribution in [0.2, 0.25) is 0 Å². The van der Waals surface area contributed by atoms with Gasteiger partial charge < -0.3 is 20.1 Å². The average molecular weight is 296 g/mol. The third-order valence-corrected chi connectivity index (χ3v) is 4.87. The van der Waals surface area contributed by atoms with Gasteiger partial charge in [-0.3, -0.25) is 4.79 Å². The lowest BCUT2D eigenvalue weighted by atomic mass is 9.90. The molecule has 120 valence electrons. The summed E-state index contributed by atoms with van der Waals surface area (Å²) in [7, 11) is 0. The number of hydrogen-bond donors (Lipinski definition) is 2. The lowest BCUT2D eigenvalue weighted by Crippen LogP contribution is -2.45. The Balaban J connectivity index is 1.29. The van der Waals surface area contributed by atoms with E-state index < -0.39 is 6.10 Å². The van der Waals surface area contributed by atoms with E-state index in [1.807, 2.05) is 0 Å². The second-order valence-corrected chi connectivity index (χ2v) is 6.93. The minimum absolute atomic E-state index is 0.118. The SMILES string of the molecule is O=C(NC1CC1)[C@@H](O)C1CCN(CCOCC2CC2)CC1. The molecule has 0 radical (unpaired) electrons. The first-order valence-electron chi connectivity index (χ1n) is 8.51. The molecule has 3 fully saturated rings. The van der Waals surface area contributed by atoms with Crippen LogP contribution >= 0.6 is 0 Å². The number of carbonyl (C=O) groups excluding carboxylic acids is 1. The predicted molar refractivity (Wildman–Crippen MR) is 79.9 cm³/mol. The first-order valence-corrected chi connectivity index (χ1v) is 8.51. The number of rotatable bonds is 8. The fraction of sp³-hybridized carbons (Fsp3) is 0.938. The topological polar surface area (TPSA) is 61.8 Å². The molecule has 2 N–H and O–H groups in total. The molecule has 3 aliphatic rings. The molecule has 2 saturated carbocycles. The molecule has 1 atom stereocenters. The smallest absolute Gasteiger partial charge is 0.249 e. The van der Waals surface area contributed by atoms with Crippen LogP contribution < -0.4 is 5.32 Å². The molecule has 1 heterocycles. The largest absolute Gasteiger partial charge is 0.383 e. The lowest BCUT2D eigenvalue weighted by Gasteiger charge is -2.33. The van der Waals surface area contributed by atoms with E-state index in [9.17, 15) is 9.90 Å². The molecule has 21 heavy (non-hydrogen) atoms. The number of nitrogens with zero attached hydrogens (tertiary/aromatic N) is 1. The van der Waals surface area contributed by atoms with Crippen LogP contribution in [-0.2, 0) is 9.53 Å². The van der Waals surface area contributed by atoms with Gasteiger partial charge in [0.05, 0.1) is 6.61 Å². The highest BCUT2D eigenvalue weighted by molar-refractivity contribution is 5.81. The zero-order valence-corrected chi connectivity index (χ0v) is 12.8. The third kappa shape index (κ3) is 4.94. The number of aliphatic hydroxyl groups excluding tert-OH is 1. The van der Waals surface area contributed by atoms with Crippen molar-refractivity contribution in [3.05, 3.63) is 0 Å². The van der Waals surface area contributed by atoms with E-state index in [1.165, 1.54) is 12.8 Å². The Morgan fingerprint density at radius 2 is 1.90 bits per heavy atom. The average Bonchev–Trinajstić information content (AvgIpc) is 3.38. The Morgan fingerprint density at radius 3 is 2.52 bits per heavy atom. The van der Waals surface area contributed by atoms with Crippen molar-refractivity contribution in [2.45, 2.75) is 50.7 Å². The highest BCUT2D eigenvalue weighted by Gasteiger charge is 2.32. The van der Waals surface area contributed by atoms with Crippen molar-refractivity contribution in [1.29, 1.82) is 0 Å². The third-order valence-electron chi connectivity index (χ3n) is 4.87. The highest BCUT2D eigenvalue weighted by Crippen LogP contribution is 2.28. The van der Waals surface area contributed by atoms with Crippen molar-refractivity contribution in [1.82, 2.24) is 10.2 Å². The summed E-state index contributed by atoms with van der Waals surface area (Å²) in [4.78, 5) is 14.2. The van der Waals surface area contributed by atoms with Crippen LogP contribution in [-0.4, -0.2) is 60.9 Å². The van der Waals surface area contributed by atoms with E-state index in [0.717, 1.165) is 64.4 Å². The van der Waals surface area contributed by atoms with Gasteiger partial charge in [0, 0.05) is 19.2 Å². The fourth-order valence-electron chi connectivity index (χ4n) is 2.95. The van der Waals surface area contributed by atoms with Crippen molar-refractivity contribution >= 4 is 5.91 Å². The molecule has 1 aliphatic heterocycles.